The average molecular weight is 306 g/mol. The lowest BCUT2D eigenvalue weighted by atomic mass is 10.1. The van der Waals surface area contributed by atoms with E-state index in [1.807, 2.05) is 19.2 Å². The molecule has 7 heteroatoms. The molecule has 2 aromatic rings. The minimum Gasteiger partial charge on any atom is -0.320 e. The molecule has 0 saturated heterocycles. The molecule has 0 spiro atoms. The molecule has 6 nitrogen and oxygen atoms in total. The third-order valence-corrected chi connectivity index (χ3v) is 4.31. The van der Waals surface area contributed by atoms with Crippen molar-refractivity contribution in [3.8, 4) is 0 Å². The maximum absolute atomic E-state index is 12.2. The van der Waals surface area contributed by atoms with Gasteiger partial charge in [0.25, 0.3) is 10.0 Å². The molecule has 1 aromatic heterocycles. The summed E-state index contributed by atoms with van der Waals surface area (Å²) in [4.78, 5) is 0.213. The largest absolute Gasteiger partial charge is 0.320 e. The molecule has 0 saturated carbocycles. The van der Waals surface area contributed by atoms with Gasteiger partial charge in [-0.3, -0.25) is 4.72 Å². The Balaban J connectivity index is 2.06. The van der Waals surface area contributed by atoms with Gasteiger partial charge in [-0.25, -0.2) is 8.42 Å². The smallest absolute Gasteiger partial charge is 0.263 e. The molecule has 0 bridgehead atoms. The second-order valence-corrected chi connectivity index (χ2v) is 6.25. The molecular formula is C14H18N4O2S. The maximum atomic E-state index is 12.2. The molecule has 0 aliphatic carbocycles. The molecule has 0 aliphatic heterocycles. The molecule has 2 N–H and O–H groups in total. The van der Waals surface area contributed by atoms with Gasteiger partial charge in [0.05, 0.1) is 4.90 Å². The first kappa shape index (κ1) is 15.4. The quantitative estimate of drug-likeness (QED) is 0.756. The van der Waals surface area contributed by atoms with E-state index in [2.05, 4.69) is 20.2 Å². The summed E-state index contributed by atoms with van der Waals surface area (Å²) in [6, 6.07) is 10.1. The van der Waals surface area contributed by atoms with E-state index in [-0.39, 0.29) is 10.7 Å². The lowest BCUT2D eigenvalue weighted by Gasteiger charge is -2.07. The highest BCUT2D eigenvalue weighted by molar-refractivity contribution is 7.92. The number of hydrogen-bond acceptors (Lipinski definition) is 5. The van der Waals surface area contributed by atoms with Gasteiger partial charge in [-0.2, -0.15) is 5.10 Å². The van der Waals surface area contributed by atoms with Crippen LogP contribution in [0.25, 0.3) is 0 Å². The second-order valence-electron chi connectivity index (χ2n) is 4.57. The Morgan fingerprint density at radius 1 is 1.14 bits per heavy atom. The monoisotopic (exact) mass is 306 g/mol. The van der Waals surface area contributed by atoms with Crippen molar-refractivity contribution in [2.24, 2.45) is 0 Å². The highest BCUT2D eigenvalue weighted by Crippen LogP contribution is 2.15. The number of nitrogens with zero attached hydrogens (tertiary/aromatic N) is 2. The van der Waals surface area contributed by atoms with Gasteiger partial charge in [0.15, 0.2) is 5.82 Å². The molecule has 1 heterocycles. The molecule has 0 unspecified atom stereocenters. The van der Waals surface area contributed by atoms with Crippen LogP contribution in [0.1, 0.15) is 12.0 Å². The van der Waals surface area contributed by atoms with Crippen LogP contribution in [-0.4, -0.2) is 32.2 Å². The van der Waals surface area contributed by atoms with Crippen molar-refractivity contribution in [3.63, 3.8) is 0 Å². The summed E-state index contributed by atoms with van der Waals surface area (Å²) in [5, 5.41) is 10.4. The summed E-state index contributed by atoms with van der Waals surface area (Å²) in [5.74, 6) is 0.204. The molecule has 21 heavy (non-hydrogen) atoms. The topological polar surface area (TPSA) is 84.0 Å². The summed E-state index contributed by atoms with van der Waals surface area (Å²) < 4.78 is 26.8. The van der Waals surface area contributed by atoms with E-state index in [4.69, 9.17) is 0 Å². The van der Waals surface area contributed by atoms with E-state index in [1.165, 1.54) is 6.20 Å². The highest BCUT2D eigenvalue weighted by atomic mass is 32.2. The number of aromatic nitrogens is 2. The van der Waals surface area contributed by atoms with Crippen molar-refractivity contribution in [3.05, 3.63) is 48.2 Å². The van der Waals surface area contributed by atoms with E-state index >= 15 is 0 Å². The van der Waals surface area contributed by atoms with Crippen molar-refractivity contribution in [2.45, 2.75) is 17.7 Å². The van der Waals surface area contributed by atoms with Gasteiger partial charge in [-0.05, 0) is 56.3 Å². The number of hydrogen-bond donors (Lipinski definition) is 2. The van der Waals surface area contributed by atoms with E-state index in [9.17, 15) is 8.42 Å². The standard InChI is InChI=1S/C14H18N4O2S/c1-15-10-2-4-12-6-8-13(9-7-12)21(19,20)18-14-5-3-11-16-17-14/h3,5-9,11,15H,2,4,10H2,1H3,(H,17,18). The molecule has 0 aliphatic rings. The van der Waals surface area contributed by atoms with Crippen LogP contribution >= 0.6 is 0 Å². The minimum absolute atomic E-state index is 0.204. The first-order chi connectivity index (χ1) is 10.1. The Morgan fingerprint density at radius 3 is 2.52 bits per heavy atom. The molecule has 0 atom stereocenters. The average Bonchev–Trinajstić information content (AvgIpc) is 2.49. The van der Waals surface area contributed by atoms with Crippen LogP contribution in [0.15, 0.2) is 47.5 Å². The van der Waals surface area contributed by atoms with Crippen molar-refractivity contribution >= 4 is 15.8 Å². The second kappa shape index (κ2) is 7.14. The van der Waals surface area contributed by atoms with Gasteiger partial charge < -0.3 is 5.32 Å². The third-order valence-electron chi connectivity index (χ3n) is 2.94. The third kappa shape index (κ3) is 4.51. The number of rotatable bonds is 7. The van der Waals surface area contributed by atoms with Gasteiger partial charge in [0.2, 0.25) is 0 Å². The number of sulfonamides is 1. The Labute approximate surface area is 124 Å². The normalized spacial score (nSPS) is 11.3. The zero-order chi connectivity index (χ0) is 15.1. The number of anilines is 1. The lowest BCUT2D eigenvalue weighted by molar-refractivity contribution is 0.601. The zero-order valence-electron chi connectivity index (χ0n) is 11.8. The summed E-state index contributed by atoms with van der Waals surface area (Å²) in [7, 11) is -1.71. The Bertz CT molecular complexity index is 657. The van der Waals surface area contributed by atoms with E-state index in [0.717, 1.165) is 24.9 Å². The first-order valence-corrected chi connectivity index (χ1v) is 8.14. The van der Waals surface area contributed by atoms with E-state index < -0.39 is 10.0 Å². The molecule has 2 rings (SSSR count). The number of aryl methyl sites for hydroxylation is 1. The summed E-state index contributed by atoms with van der Waals surface area (Å²) in [6.45, 7) is 0.939. The van der Waals surface area contributed by atoms with Crippen LogP contribution in [0.3, 0.4) is 0 Å². The summed E-state index contributed by atoms with van der Waals surface area (Å²) in [5.41, 5.74) is 1.11. The van der Waals surface area contributed by atoms with E-state index in [0.29, 0.717) is 0 Å². The fourth-order valence-corrected chi connectivity index (χ4v) is 2.85. The van der Waals surface area contributed by atoms with Gasteiger partial charge in [-0.15, -0.1) is 5.10 Å². The SMILES string of the molecule is CNCCCc1ccc(S(=O)(=O)Nc2cccnn2)cc1. The van der Waals surface area contributed by atoms with Gasteiger partial charge in [0, 0.05) is 6.20 Å². The van der Waals surface area contributed by atoms with Gasteiger partial charge in [0.1, 0.15) is 0 Å². The van der Waals surface area contributed by atoms with Crippen LogP contribution in [0.5, 0.6) is 0 Å². The fraction of sp³-hybridized carbons (Fsp3) is 0.286. The van der Waals surface area contributed by atoms with Crippen molar-refractivity contribution in [1.82, 2.24) is 15.5 Å². The van der Waals surface area contributed by atoms with Gasteiger partial charge >= 0.3 is 0 Å². The molecule has 0 amide bonds. The van der Waals surface area contributed by atoms with Crippen LogP contribution in [-0.2, 0) is 16.4 Å². The number of nitrogens with one attached hydrogen (secondary N) is 2. The van der Waals surface area contributed by atoms with Crippen LogP contribution in [0.4, 0.5) is 5.82 Å². The fourth-order valence-electron chi connectivity index (χ4n) is 1.86. The lowest BCUT2D eigenvalue weighted by Crippen LogP contribution is -2.14. The summed E-state index contributed by atoms with van der Waals surface area (Å²) in [6.07, 6.45) is 3.41. The Hall–Kier alpha value is -1.99. The van der Waals surface area contributed by atoms with Crippen molar-refractivity contribution in [1.29, 1.82) is 0 Å². The van der Waals surface area contributed by atoms with Crippen LogP contribution in [0, 0.1) is 0 Å². The summed E-state index contributed by atoms with van der Waals surface area (Å²) >= 11 is 0. The number of benzene rings is 1. The first-order valence-electron chi connectivity index (χ1n) is 6.66. The molecule has 112 valence electrons. The van der Waals surface area contributed by atoms with E-state index in [1.54, 1.807) is 24.3 Å². The Kier molecular flexibility index (Phi) is 5.24. The molecule has 1 aromatic carbocycles. The molecule has 0 fully saturated rings. The molecule has 0 radical (unpaired) electrons. The highest BCUT2D eigenvalue weighted by Gasteiger charge is 2.14. The van der Waals surface area contributed by atoms with Crippen LogP contribution < -0.4 is 10.0 Å². The Morgan fingerprint density at radius 2 is 1.90 bits per heavy atom. The maximum Gasteiger partial charge on any atom is 0.263 e. The predicted molar refractivity (Wildman–Crippen MR) is 81.5 cm³/mol. The zero-order valence-corrected chi connectivity index (χ0v) is 12.6. The molecular weight excluding hydrogens is 288 g/mol. The van der Waals surface area contributed by atoms with Crippen molar-refractivity contribution in [2.75, 3.05) is 18.3 Å². The van der Waals surface area contributed by atoms with Gasteiger partial charge in [-0.1, -0.05) is 12.1 Å². The van der Waals surface area contributed by atoms with Crippen molar-refractivity contribution < 1.29 is 8.42 Å². The van der Waals surface area contributed by atoms with Crippen LogP contribution in [0.2, 0.25) is 0 Å². The predicted octanol–water partition coefficient (Wildman–Crippen LogP) is 1.43. The minimum atomic E-state index is -3.62.